The first-order valence-electron chi connectivity index (χ1n) is 9.53. The number of rotatable bonds is 5. The predicted octanol–water partition coefficient (Wildman–Crippen LogP) is 3.23. The minimum absolute atomic E-state index is 0.00619. The normalized spacial score (nSPS) is 17.9. The van der Waals surface area contributed by atoms with Crippen LogP contribution in [0, 0.1) is 0 Å². The van der Waals surface area contributed by atoms with Crippen LogP contribution in [0.2, 0.25) is 0 Å². The fourth-order valence-electron chi connectivity index (χ4n) is 4.14. The van der Waals surface area contributed by atoms with E-state index in [-0.39, 0.29) is 18.2 Å². The van der Waals surface area contributed by atoms with Gasteiger partial charge in [-0.05, 0) is 36.6 Å². The number of amides is 2. The average Bonchev–Trinajstić information content (AvgIpc) is 3.06. The summed E-state index contributed by atoms with van der Waals surface area (Å²) in [5, 5.41) is 2.95. The van der Waals surface area contributed by atoms with Crippen LogP contribution >= 0.6 is 0 Å². The number of hydrogen-bond acceptors (Lipinski definition) is 4. The highest BCUT2D eigenvalue weighted by atomic mass is 16.5. The van der Waals surface area contributed by atoms with Crippen molar-refractivity contribution in [2.75, 3.05) is 25.6 Å². The summed E-state index contributed by atoms with van der Waals surface area (Å²) in [6, 6.07) is 14.9. The Morgan fingerprint density at radius 2 is 1.96 bits per heavy atom. The third-order valence-corrected chi connectivity index (χ3v) is 5.66. The average molecular weight is 380 g/mol. The van der Waals surface area contributed by atoms with Crippen molar-refractivity contribution in [1.29, 1.82) is 0 Å². The van der Waals surface area contributed by atoms with Gasteiger partial charge in [0.1, 0.15) is 5.75 Å². The molecule has 0 aliphatic carbocycles. The molecular weight excluding hydrogens is 356 g/mol. The van der Waals surface area contributed by atoms with Gasteiger partial charge in [-0.15, -0.1) is 0 Å². The van der Waals surface area contributed by atoms with Gasteiger partial charge in [0.2, 0.25) is 5.91 Å². The number of nitrogens with zero attached hydrogens (tertiary/aromatic N) is 1. The van der Waals surface area contributed by atoms with Crippen molar-refractivity contribution in [2.24, 2.45) is 0 Å². The second-order valence-electron chi connectivity index (χ2n) is 7.34. The number of methoxy groups -OCH3 is 1. The number of anilines is 1. The van der Waals surface area contributed by atoms with E-state index in [9.17, 15) is 9.59 Å². The molecule has 0 unspecified atom stereocenters. The largest absolute Gasteiger partial charge is 0.497 e. The zero-order valence-electron chi connectivity index (χ0n) is 15.9. The van der Waals surface area contributed by atoms with E-state index in [2.05, 4.69) is 5.32 Å². The lowest BCUT2D eigenvalue weighted by Gasteiger charge is -2.44. The van der Waals surface area contributed by atoms with Crippen LogP contribution in [0.3, 0.4) is 0 Å². The molecule has 0 aromatic heterocycles. The number of fused-ring (bicyclic) bond motifs is 1. The van der Waals surface area contributed by atoms with Gasteiger partial charge in [0, 0.05) is 37.1 Å². The molecule has 2 aliphatic heterocycles. The molecule has 0 spiro atoms. The SMILES string of the molecule is COc1cccc(NC(=O)CC2(N3Cc4ccccc4C3=O)CCOCC2)c1. The smallest absolute Gasteiger partial charge is 0.254 e. The highest BCUT2D eigenvalue weighted by Crippen LogP contribution is 2.38. The molecule has 146 valence electrons. The van der Waals surface area contributed by atoms with Gasteiger partial charge < -0.3 is 19.7 Å². The first kappa shape index (κ1) is 18.5. The lowest BCUT2D eigenvalue weighted by Crippen LogP contribution is -2.54. The van der Waals surface area contributed by atoms with Gasteiger partial charge in [0.15, 0.2) is 0 Å². The summed E-state index contributed by atoms with van der Waals surface area (Å²) >= 11 is 0. The van der Waals surface area contributed by atoms with E-state index in [1.54, 1.807) is 13.2 Å². The summed E-state index contributed by atoms with van der Waals surface area (Å²) in [5.41, 5.74) is 1.91. The quantitative estimate of drug-likeness (QED) is 0.865. The van der Waals surface area contributed by atoms with Crippen molar-refractivity contribution in [1.82, 2.24) is 4.90 Å². The molecule has 6 heteroatoms. The van der Waals surface area contributed by atoms with Crippen LogP contribution in [0.4, 0.5) is 5.69 Å². The number of nitrogens with one attached hydrogen (secondary N) is 1. The Bertz CT molecular complexity index is 890. The van der Waals surface area contributed by atoms with Crippen LogP contribution in [-0.2, 0) is 16.1 Å². The molecule has 28 heavy (non-hydrogen) atoms. The summed E-state index contributed by atoms with van der Waals surface area (Å²) < 4.78 is 10.8. The third-order valence-electron chi connectivity index (χ3n) is 5.66. The van der Waals surface area contributed by atoms with Crippen molar-refractivity contribution in [3.8, 4) is 5.75 Å². The molecule has 6 nitrogen and oxygen atoms in total. The van der Waals surface area contributed by atoms with Crippen LogP contribution in [0.15, 0.2) is 48.5 Å². The van der Waals surface area contributed by atoms with Crippen LogP contribution in [0.1, 0.15) is 35.2 Å². The van der Waals surface area contributed by atoms with Gasteiger partial charge >= 0.3 is 0 Å². The first-order valence-corrected chi connectivity index (χ1v) is 9.53. The van der Waals surface area contributed by atoms with E-state index in [1.807, 2.05) is 47.4 Å². The Labute approximate surface area is 164 Å². The molecule has 1 fully saturated rings. The Morgan fingerprint density at radius 3 is 2.71 bits per heavy atom. The van der Waals surface area contributed by atoms with E-state index in [0.717, 1.165) is 11.1 Å². The number of benzene rings is 2. The minimum atomic E-state index is -0.530. The first-order chi connectivity index (χ1) is 13.6. The molecule has 0 saturated carbocycles. The van der Waals surface area contributed by atoms with Crippen LogP contribution in [0.5, 0.6) is 5.75 Å². The molecule has 2 aromatic carbocycles. The molecule has 0 bridgehead atoms. The second-order valence-corrected chi connectivity index (χ2v) is 7.34. The Kier molecular flexibility index (Phi) is 5.05. The fraction of sp³-hybridized carbons (Fsp3) is 0.364. The van der Waals surface area contributed by atoms with Gasteiger partial charge in [-0.2, -0.15) is 0 Å². The van der Waals surface area contributed by atoms with Crippen molar-refractivity contribution in [3.05, 3.63) is 59.7 Å². The maximum Gasteiger partial charge on any atom is 0.254 e. The Balaban J connectivity index is 1.55. The van der Waals surface area contributed by atoms with Gasteiger partial charge in [0.25, 0.3) is 5.91 Å². The van der Waals surface area contributed by atoms with Crippen molar-refractivity contribution >= 4 is 17.5 Å². The molecule has 4 rings (SSSR count). The van der Waals surface area contributed by atoms with Gasteiger partial charge in [0.05, 0.1) is 19.1 Å². The number of carbonyl (C=O) groups is 2. The molecule has 2 aromatic rings. The molecule has 2 aliphatic rings. The second kappa shape index (κ2) is 7.64. The minimum Gasteiger partial charge on any atom is -0.497 e. The van der Waals surface area contributed by atoms with E-state index in [1.165, 1.54) is 0 Å². The molecule has 2 amide bonds. The maximum atomic E-state index is 13.1. The molecule has 0 radical (unpaired) electrons. The summed E-state index contributed by atoms with van der Waals surface area (Å²) in [5.74, 6) is 0.578. The van der Waals surface area contributed by atoms with E-state index >= 15 is 0 Å². The van der Waals surface area contributed by atoms with Crippen LogP contribution in [0.25, 0.3) is 0 Å². The Morgan fingerprint density at radius 1 is 1.18 bits per heavy atom. The van der Waals surface area contributed by atoms with Gasteiger partial charge in [-0.1, -0.05) is 24.3 Å². The standard InChI is InChI=1S/C22H24N2O4/c1-27-18-7-4-6-17(13-18)23-20(25)14-22(9-11-28-12-10-22)24-15-16-5-2-3-8-19(16)21(24)26/h2-8,13H,9-12,14-15H2,1H3,(H,23,25). The number of ether oxygens (including phenoxy) is 2. The zero-order chi connectivity index (χ0) is 19.6. The molecular formula is C22H24N2O4. The summed E-state index contributed by atoms with van der Waals surface area (Å²) in [4.78, 5) is 27.8. The van der Waals surface area contributed by atoms with Crippen LogP contribution < -0.4 is 10.1 Å². The third kappa shape index (κ3) is 3.47. The lowest BCUT2D eigenvalue weighted by molar-refractivity contribution is -0.120. The van der Waals surface area contributed by atoms with Crippen LogP contribution in [-0.4, -0.2) is 42.6 Å². The lowest BCUT2D eigenvalue weighted by atomic mass is 9.84. The van der Waals surface area contributed by atoms with E-state index in [4.69, 9.17) is 9.47 Å². The molecule has 0 atom stereocenters. The number of carbonyl (C=O) groups excluding carboxylic acids is 2. The molecule has 1 N–H and O–H groups in total. The summed E-state index contributed by atoms with van der Waals surface area (Å²) in [6.07, 6.45) is 1.55. The van der Waals surface area contributed by atoms with Gasteiger partial charge in [-0.25, -0.2) is 0 Å². The monoisotopic (exact) mass is 380 g/mol. The zero-order valence-corrected chi connectivity index (χ0v) is 15.9. The topological polar surface area (TPSA) is 67.9 Å². The highest BCUT2D eigenvalue weighted by Gasteiger charge is 2.46. The highest BCUT2D eigenvalue weighted by molar-refractivity contribution is 5.99. The van der Waals surface area contributed by atoms with E-state index in [0.29, 0.717) is 44.0 Å². The predicted molar refractivity (Wildman–Crippen MR) is 105 cm³/mol. The molecule has 2 heterocycles. The van der Waals surface area contributed by atoms with Crippen molar-refractivity contribution in [2.45, 2.75) is 31.3 Å². The summed E-state index contributed by atoms with van der Waals surface area (Å²) in [6.45, 7) is 1.64. The van der Waals surface area contributed by atoms with E-state index < -0.39 is 5.54 Å². The maximum absolute atomic E-state index is 13.1. The molecule has 1 saturated heterocycles. The summed E-state index contributed by atoms with van der Waals surface area (Å²) in [7, 11) is 1.59. The Hall–Kier alpha value is -2.86. The van der Waals surface area contributed by atoms with Crippen molar-refractivity contribution < 1.29 is 19.1 Å². The number of hydrogen-bond donors (Lipinski definition) is 1. The fourth-order valence-corrected chi connectivity index (χ4v) is 4.14. The van der Waals surface area contributed by atoms with Crippen molar-refractivity contribution in [3.63, 3.8) is 0 Å². The van der Waals surface area contributed by atoms with Gasteiger partial charge in [-0.3, -0.25) is 9.59 Å².